The SMILES string of the molecule is Oc1ccc(C2(c3ccc(O)c(Cl)c3)C[C@@H]3CC[C@@H]2C3)cc1Cl. The van der Waals surface area contributed by atoms with Crippen molar-refractivity contribution in [3.8, 4) is 11.5 Å². The Morgan fingerprint density at radius 3 is 1.83 bits per heavy atom. The van der Waals surface area contributed by atoms with Crippen LogP contribution >= 0.6 is 23.2 Å². The molecule has 4 rings (SSSR count). The lowest BCUT2D eigenvalue weighted by molar-refractivity contribution is 0.319. The second kappa shape index (κ2) is 5.32. The quantitative estimate of drug-likeness (QED) is 0.750. The van der Waals surface area contributed by atoms with Crippen LogP contribution < -0.4 is 0 Å². The minimum absolute atomic E-state index is 0.109. The molecule has 2 aromatic rings. The van der Waals surface area contributed by atoms with Crippen LogP contribution in [-0.2, 0) is 5.41 Å². The molecule has 4 heteroatoms. The van der Waals surface area contributed by atoms with E-state index in [0.717, 1.165) is 23.5 Å². The zero-order valence-electron chi connectivity index (χ0n) is 12.6. The first-order chi connectivity index (χ1) is 11.0. The van der Waals surface area contributed by atoms with Crippen LogP contribution in [0.15, 0.2) is 36.4 Å². The summed E-state index contributed by atoms with van der Waals surface area (Å²) in [4.78, 5) is 0. The maximum Gasteiger partial charge on any atom is 0.134 e. The number of phenolic OH excluding ortho intramolecular Hbond substituents is 2. The van der Waals surface area contributed by atoms with Gasteiger partial charge in [0.1, 0.15) is 11.5 Å². The molecular weight excluding hydrogens is 331 g/mol. The van der Waals surface area contributed by atoms with Crippen molar-refractivity contribution in [3.05, 3.63) is 57.6 Å². The van der Waals surface area contributed by atoms with E-state index in [1.807, 2.05) is 24.3 Å². The lowest BCUT2D eigenvalue weighted by Crippen LogP contribution is -2.34. The molecule has 2 nitrogen and oxygen atoms in total. The van der Waals surface area contributed by atoms with Gasteiger partial charge >= 0.3 is 0 Å². The van der Waals surface area contributed by atoms with E-state index in [1.165, 1.54) is 19.3 Å². The van der Waals surface area contributed by atoms with Crippen molar-refractivity contribution in [1.29, 1.82) is 0 Å². The van der Waals surface area contributed by atoms with Gasteiger partial charge in [0.25, 0.3) is 0 Å². The normalized spacial score (nSPS) is 25.0. The standard InChI is InChI=1S/C19H18Cl2O2/c20-15-8-13(3-5-17(15)22)19(10-11-1-2-12(19)7-11)14-4-6-18(23)16(21)9-14/h3-6,8-9,11-12,22-23H,1-2,7,10H2/t11-,12-/m1/s1. The van der Waals surface area contributed by atoms with Crippen LogP contribution in [0.3, 0.4) is 0 Å². The van der Waals surface area contributed by atoms with Gasteiger partial charge in [-0.2, -0.15) is 0 Å². The van der Waals surface area contributed by atoms with Crippen molar-refractivity contribution >= 4 is 23.2 Å². The predicted molar refractivity (Wildman–Crippen MR) is 92.5 cm³/mol. The lowest BCUT2D eigenvalue weighted by atomic mass is 9.64. The summed E-state index contributed by atoms with van der Waals surface area (Å²) < 4.78 is 0. The topological polar surface area (TPSA) is 40.5 Å². The maximum atomic E-state index is 9.77. The summed E-state index contributed by atoms with van der Waals surface area (Å²) in [6, 6.07) is 11.1. The third-order valence-corrected chi connectivity index (χ3v) is 6.38. The molecule has 0 unspecified atom stereocenters. The van der Waals surface area contributed by atoms with Gasteiger partial charge in [0, 0.05) is 5.41 Å². The summed E-state index contributed by atoms with van der Waals surface area (Å²) in [5.41, 5.74) is 2.14. The molecular formula is C19H18Cl2O2. The van der Waals surface area contributed by atoms with E-state index in [9.17, 15) is 10.2 Å². The molecule has 2 aliphatic rings. The Bertz CT molecular complexity index is 720. The molecule has 2 aliphatic carbocycles. The van der Waals surface area contributed by atoms with Crippen molar-refractivity contribution in [2.75, 3.05) is 0 Å². The molecule has 120 valence electrons. The third-order valence-electron chi connectivity index (χ3n) is 5.77. The van der Waals surface area contributed by atoms with Crippen molar-refractivity contribution in [3.63, 3.8) is 0 Å². The molecule has 2 saturated carbocycles. The van der Waals surface area contributed by atoms with E-state index in [0.29, 0.717) is 16.0 Å². The molecule has 2 bridgehead atoms. The van der Waals surface area contributed by atoms with Crippen LogP contribution in [0.2, 0.25) is 10.0 Å². The summed E-state index contributed by atoms with van der Waals surface area (Å²) in [7, 11) is 0. The van der Waals surface area contributed by atoms with Crippen LogP contribution in [0.4, 0.5) is 0 Å². The summed E-state index contributed by atoms with van der Waals surface area (Å²) in [5, 5.41) is 20.3. The smallest absolute Gasteiger partial charge is 0.134 e. The van der Waals surface area contributed by atoms with Gasteiger partial charge in [-0.15, -0.1) is 0 Å². The lowest BCUT2D eigenvalue weighted by Gasteiger charge is -2.39. The van der Waals surface area contributed by atoms with E-state index in [2.05, 4.69) is 0 Å². The molecule has 2 fully saturated rings. The van der Waals surface area contributed by atoms with Gasteiger partial charge in [-0.05, 0) is 66.5 Å². The number of benzene rings is 2. The first-order valence-electron chi connectivity index (χ1n) is 7.98. The number of phenols is 2. The number of halogens is 2. The molecule has 2 atom stereocenters. The van der Waals surface area contributed by atoms with Crippen molar-refractivity contribution in [2.45, 2.75) is 31.1 Å². The number of hydrogen-bond acceptors (Lipinski definition) is 2. The molecule has 0 amide bonds. The van der Waals surface area contributed by atoms with E-state index in [4.69, 9.17) is 23.2 Å². The van der Waals surface area contributed by atoms with Crippen molar-refractivity contribution in [1.82, 2.24) is 0 Å². The number of rotatable bonds is 2. The zero-order valence-corrected chi connectivity index (χ0v) is 14.1. The van der Waals surface area contributed by atoms with E-state index in [1.54, 1.807) is 12.1 Å². The highest BCUT2D eigenvalue weighted by Crippen LogP contribution is 2.60. The van der Waals surface area contributed by atoms with Gasteiger partial charge in [-0.25, -0.2) is 0 Å². The van der Waals surface area contributed by atoms with E-state index >= 15 is 0 Å². The molecule has 0 radical (unpaired) electrons. The number of aromatic hydroxyl groups is 2. The Kier molecular flexibility index (Phi) is 3.51. The van der Waals surface area contributed by atoms with Crippen LogP contribution in [-0.4, -0.2) is 10.2 Å². The number of fused-ring (bicyclic) bond motifs is 2. The van der Waals surface area contributed by atoms with E-state index in [-0.39, 0.29) is 16.9 Å². The summed E-state index contributed by atoms with van der Waals surface area (Å²) in [6.07, 6.45) is 4.77. The van der Waals surface area contributed by atoms with Crippen LogP contribution in [0, 0.1) is 11.8 Å². The monoisotopic (exact) mass is 348 g/mol. The molecule has 2 N–H and O–H groups in total. The molecule has 0 spiro atoms. The van der Waals surface area contributed by atoms with Gasteiger partial charge in [0.15, 0.2) is 0 Å². The second-order valence-electron chi connectivity index (χ2n) is 6.88. The fourth-order valence-corrected chi connectivity index (χ4v) is 5.13. The van der Waals surface area contributed by atoms with Crippen LogP contribution in [0.1, 0.15) is 36.8 Å². The Morgan fingerprint density at radius 1 is 0.870 bits per heavy atom. The highest BCUT2D eigenvalue weighted by molar-refractivity contribution is 6.32. The Balaban J connectivity index is 1.91. The van der Waals surface area contributed by atoms with E-state index < -0.39 is 0 Å². The minimum Gasteiger partial charge on any atom is -0.506 e. The average Bonchev–Trinajstić information content (AvgIpc) is 3.14. The van der Waals surface area contributed by atoms with Gasteiger partial charge in [0.2, 0.25) is 0 Å². The molecule has 0 saturated heterocycles. The minimum atomic E-state index is -0.127. The van der Waals surface area contributed by atoms with Crippen LogP contribution in [0.5, 0.6) is 11.5 Å². The zero-order chi connectivity index (χ0) is 16.2. The Labute approximate surface area is 145 Å². The van der Waals surface area contributed by atoms with Gasteiger partial charge in [0.05, 0.1) is 10.0 Å². The second-order valence-corrected chi connectivity index (χ2v) is 7.70. The molecule has 0 heterocycles. The van der Waals surface area contributed by atoms with Gasteiger partial charge in [-0.1, -0.05) is 41.8 Å². The Morgan fingerprint density at radius 2 is 1.43 bits per heavy atom. The fourth-order valence-electron chi connectivity index (χ4n) is 4.77. The molecule has 0 aromatic heterocycles. The predicted octanol–water partition coefficient (Wildman–Crippen LogP) is 5.51. The molecule has 23 heavy (non-hydrogen) atoms. The maximum absolute atomic E-state index is 9.77. The van der Waals surface area contributed by atoms with Gasteiger partial charge in [-0.3, -0.25) is 0 Å². The summed E-state index contributed by atoms with van der Waals surface area (Å²) in [6.45, 7) is 0. The summed E-state index contributed by atoms with van der Waals surface area (Å²) in [5.74, 6) is 1.49. The first-order valence-corrected chi connectivity index (χ1v) is 8.74. The van der Waals surface area contributed by atoms with Crippen molar-refractivity contribution < 1.29 is 10.2 Å². The summed E-state index contributed by atoms with van der Waals surface area (Å²) >= 11 is 12.4. The van der Waals surface area contributed by atoms with Crippen molar-refractivity contribution in [2.24, 2.45) is 11.8 Å². The van der Waals surface area contributed by atoms with Gasteiger partial charge < -0.3 is 10.2 Å². The third kappa shape index (κ3) is 2.23. The Hall–Kier alpha value is -1.38. The largest absolute Gasteiger partial charge is 0.506 e. The fraction of sp³-hybridized carbons (Fsp3) is 0.368. The van der Waals surface area contributed by atoms with Crippen LogP contribution in [0.25, 0.3) is 0 Å². The highest BCUT2D eigenvalue weighted by Gasteiger charge is 2.52. The first kappa shape index (κ1) is 15.2. The molecule has 0 aliphatic heterocycles. The highest BCUT2D eigenvalue weighted by atomic mass is 35.5. The average molecular weight is 349 g/mol. The number of hydrogen-bond donors (Lipinski definition) is 2. The molecule has 2 aromatic carbocycles.